The number of carbonyl (C=O) groups excluding carboxylic acids is 1. The van der Waals surface area contributed by atoms with Crippen molar-refractivity contribution in [3.05, 3.63) is 0 Å². The number of rotatable bonds is 0. The van der Waals surface area contributed by atoms with Crippen LogP contribution < -0.4 is 16.1 Å². The highest BCUT2D eigenvalue weighted by molar-refractivity contribution is 5.80. The summed E-state index contributed by atoms with van der Waals surface area (Å²) in [6, 6.07) is 0. The Labute approximate surface area is 65.1 Å². The van der Waals surface area contributed by atoms with Gasteiger partial charge in [0.1, 0.15) is 0 Å². The van der Waals surface area contributed by atoms with Gasteiger partial charge in [0, 0.05) is 13.6 Å². The second-order valence-corrected chi connectivity index (χ2v) is 2.95. The van der Waals surface area contributed by atoms with Gasteiger partial charge in [0.15, 0.2) is 0 Å². The van der Waals surface area contributed by atoms with Crippen molar-refractivity contribution in [2.75, 3.05) is 20.3 Å². The maximum Gasteiger partial charge on any atom is 0.228 e. The van der Waals surface area contributed by atoms with Gasteiger partial charge in [-0.05, 0) is 0 Å². The Bertz CT molecular complexity index is 183. The number of hydrogen-bond acceptors (Lipinski definition) is 4. The number of nitrogens with zero attached hydrogens (tertiary/aromatic N) is 1. The first-order valence-corrected chi connectivity index (χ1v) is 3.76. The Morgan fingerprint density at radius 3 is 3.18 bits per heavy atom. The molecule has 3 N–H and O–H groups in total. The van der Waals surface area contributed by atoms with Crippen LogP contribution in [0.1, 0.15) is 0 Å². The molecule has 0 aromatic carbocycles. The number of carbonyl (C=O) groups is 1. The molecule has 0 aliphatic carbocycles. The highest BCUT2D eigenvalue weighted by Gasteiger charge is 2.38. The van der Waals surface area contributed by atoms with E-state index in [9.17, 15) is 4.79 Å². The summed E-state index contributed by atoms with van der Waals surface area (Å²) < 4.78 is 0. The normalized spacial score (nSPS) is 38.5. The zero-order valence-corrected chi connectivity index (χ0v) is 6.42. The van der Waals surface area contributed by atoms with E-state index in [0.717, 1.165) is 6.54 Å². The Kier molecular flexibility index (Phi) is 1.56. The summed E-state index contributed by atoms with van der Waals surface area (Å²) in [6.45, 7) is 1.31. The molecule has 2 aliphatic rings. The van der Waals surface area contributed by atoms with E-state index in [1.165, 1.54) is 0 Å². The number of fused-ring (bicyclic) bond motifs is 1. The van der Waals surface area contributed by atoms with E-state index in [1.54, 1.807) is 0 Å². The molecule has 5 heteroatoms. The van der Waals surface area contributed by atoms with Crippen LogP contribution in [0.4, 0.5) is 0 Å². The summed E-state index contributed by atoms with van der Waals surface area (Å²) in [6.07, 6.45) is 0.170. The molecule has 2 atom stereocenters. The predicted octanol–water partition coefficient (Wildman–Crippen LogP) is -1.94. The third-order valence-corrected chi connectivity index (χ3v) is 2.27. The van der Waals surface area contributed by atoms with E-state index >= 15 is 0 Å². The van der Waals surface area contributed by atoms with Crippen LogP contribution in [0.25, 0.3) is 0 Å². The molecule has 2 aliphatic heterocycles. The van der Waals surface area contributed by atoms with Crippen LogP contribution in [-0.2, 0) is 4.79 Å². The lowest BCUT2D eigenvalue weighted by Crippen LogP contribution is -2.57. The van der Waals surface area contributed by atoms with Gasteiger partial charge in [-0.25, -0.2) is 5.01 Å². The van der Waals surface area contributed by atoms with Gasteiger partial charge >= 0.3 is 0 Å². The van der Waals surface area contributed by atoms with Gasteiger partial charge in [-0.2, -0.15) is 0 Å². The largest absolute Gasteiger partial charge is 0.343 e. The molecule has 2 unspecified atom stereocenters. The van der Waals surface area contributed by atoms with Gasteiger partial charge in [-0.15, -0.1) is 0 Å². The number of nitrogens with one attached hydrogen (secondary N) is 3. The first-order chi connectivity index (χ1) is 5.29. The number of hydrogen-bond donors (Lipinski definition) is 3. The number of amides is 1. The fourth-order valence-electron chi connectivity index (χ4n) is 1.61. The van der Waals surface area contributed by atoms with Crippen LogP contribution >= 0.6 is 0 Å². The minimum atomic E-state index is 0.0637. The first-order valence-electron chi connectivity index (χ1n) is 3.76. The van der Waals surface area contributed by atoms with Crippen molar-refractivity contribution in [3.63, 3.8) is 0 Å². The fraction of sp³-hybridized carbons (Fsp3) is 0.833. The number of hydrazine groups is 1. The van der Waals surface area contributed by atoms with Crippen molar-refractivity contribution in [1.82, 2.24) is 21.1 Å². The average Bonchev–Trinajstić information content (AvgIpc) is 2.35. The smallest absolute Gasteiger partial charge is 0.228 e. The minimum absolute atomic E-state index is 0.0637. The zero-order valence-electron chi connectivity index (χ0n) is 6.42. The maximum absolute atomic E-state index is 11.2. The Morgan fingerprint density at radius 1 is 1.64 bits per heavy atom. The topological polar surface area (TPSA) is 56.4 Å². The molecule has 5 nitrogen and oxygen atoms in total. The molecule has 0 aromatic heterocycles. The summed E-state index contributed by atoms with van der Waals surface area (Å²) >= 11 is 0. The molecule has 62 valence electrons. The van der Waals surface area contributed by atoms with E-state index < -0.39 is 0 Å². The summed E-state index contributed by atoms with van der Waals surface area (Å²) in [5.74, 6) is 0.208. The molecule has 0 aromatic rings. The quantitative estimate of drug-likeness (QED) is 0.382. The van der Waals surface area contributed by atoms with Crippen LogP contribution in [0.15, 0.2) is 0 Å². The van der Waals surface area contributed by atoms with Crippen LogP contribution in [0.5, 0.6) is 0 Å². The van der Waals surface area contributed by atoms with Crippen molar-refractivity contribution >= 4 is 5.91 Å². The van der Waals surface area contributed by atoms with Gasteiger partial charge in [0.2, 0.25) is 5.91 Å². The summed E-state index contributed by atoms with van der Waals surface area (Å²) in [4.78, 5) is 11.2. The Balaban J connectivity index is 2.13. The molecule has 11 heavy (non-hydrogen) atoms. The highest BCUT2D eigenvalue weighted by atomic mass is 16.2. The molecule has 2 rings (SSSR count). The van der Waals surface area contributed by atoms with Gasteiger partial charge in [0.25, 0.3) is 0 Å². The molecule has 2 saturated heterocycles. The van der Waals surface area contributed by atoms with Crippen molar-refractivity contribution in [1.29, 1.82) is 0 Å². The van der Waals surface area contributed by atoms with E-state index in [4.69, 9.17) is 0 Å². The van der Waals surface area contributed by atoms with E-state index in [1.807, 2.05) is 12.1 Å². The fourth-order valence-corrected chi connectivity index (χ4v) is 1.61. The van der Waals surface area contributed by atoms with Crippen LogP contribution in [-0.4, -0.2) is 37.3 Å². The molecular formula is C6H12N4O. The molecule has 0 saturated carbocycles. The Hall–Kier alpha value is -0.650. The van der Waals surface area contributed by atoms with E-state index in [0.29, 0.717) is 6.67 Å². The van der Waals surface area contributed by atoms with Crippen molar-refractivity contribution in [2.24, 2.45) is 5.92 Å². The first kappa shape index (κ1) is 7.02. The highest BCUT2D eigenvalue weighted by Crippen LogP contribution is 2.14. The molecule has 1 amide bonds. The lowest BCUT2D eigenvalue weighted by Gasteiger charge is -2.28. The van der Waals surface area contributed by atoms with E-state index in [2.05, 4.69) is 16.1 Å². The predicted molar refractivity (Wildman–Crippen MR) is 39.2 cm³/mol. The van der Waals surface area contributed by atoms with Crippen molar-refractivity contribution in [3.8, 4) is 0 Å². The van der Waals surface area contributed by atoms with E-state index in [-0.39, 0.29) is 18.0 Å². The molecule has 2 fully saturated rings. The standard InChI is InChI=1S/C6H12N4O/c1-10-5-4(2-9-10)6(11)8-3-7-5/h4-5,7,9H,2-3H2,1H3,(H,8,11). The summed E-state index contributed by atoms with van der Waals surface area (Å²) in [7, 11) is 1.94. The Morgan fingerprint density at radius 2 is 2.45 bits per heavy atom. The van der Waals surface area contributed by atoms with Crippen molar-refractivity contribution < 1.29 is 4.79 Å². The van der Waals surface area contributed by atoms with Crippen LogP contribution in [0, 0.1) is 5.92 Å². The second kappa shape index (κ2) is 2.44. The minimum Gasteiger partial charge on any atom is -0.343 e. The molecule has 0 spiro atoms. The summed E-state index contributed by atoms with van der Waals surface area (Å²) in [5, 5.41) is 7.90. The lowest BCUT2D eigenvalue weighted by molar-refractivity contribution is -0.127. The molecule has 0 bridgehead atoms. The molecule has 0 radical (unpaired) electrons. The molecule has 2 heterocycles. The van der Waals surface area contributed by atoms with Crippen LogP contribution in [0.2, 0.25) is 0 Å². The van der Waals surface area contributed by atoms with Gasteiger partial charge in [-0.3, -0.25) is 15.5 Å². The average molecular weight is 156 g/mol. The third kappa shape index (κ3) is 1.01. The molecular weight excluding hydrogens is 144 g/mol. The second-order valence-electron chi connectivity index (χ2n) is 2.95. The van der Waals surface area contributed by atoms with Crippen molar-refractivity contribution in [2.45, 2.75) is 6.17 Å². The van der Waals surface area contributed by atoms with Gasteiger partial charge in [0.05, 0.1) is 18.8 Å². The third-order valence-electron chi connectivity index (χ3n) is 2.27. The SMILES string of the molecule is CN1NCC2C(=O)NCNC21. The maximum atomic E-state index is 11.2. The monoisotopic (exact) mass is 156 g/mol. The summed E-state index contributed by atoms with van der Waals surface area (Å²) in [5.41, 5.74) is 3.10. The van der Waals surface area contributed by atoms with Gasteiger partial charge in [-0.1, -0.05) is 0 Å². The lowest BCUT2D eigenvalue weighted by atomic mass is 10.1. The van der Waals surface area contributed by atoms with Gasteiger partial charge < -0.3 is 5.32 Å². The zero-order chi connectivity index (χ0) is 7.84. The van der Waals surface area contributed by atoms with Crippen LogP contribution in [0.3, 0.4) is 0 Å².